The molecular weight excluding hydrogens is 216 g/mol. The van der Waals surface area contributed by atoms with E-state index < -0.39 is 0 Å². The molecule has 84 valence electrons. The SMILES string of the molecule is Cn1ccc2nnc(-c3ccccc3)n2c1=O. The van der Waals surface area contributed by atoms with Gasteiger partial charge >= 0.3 is 5.69 Å². The molecule has 2 aromatic heterocycles. The van der Waals surface area contributed by atoms with Gasteiger partial charge in [0.25, 0.3) is 0 Å². The quantitative estimate of drug-likeness (QED) is 0.624. The van der Waals surface area contributed by atoms with E-state index in [0.29, 0.717) is 11.5 Å². The number of benzene rings is 1. The summed E-state index contributed by atoms with van der Waals surface area (Å²) >= 11 is 0. The van der Waals surface area contributed by atoms with Crippen molar-refractivity contribution in [3.63, 3.8) is 0 Å². The minimum atomic E-state index is -0.147. The highest BCUT2D eigenvalue weighted by molar-refractivity contribution is 5.58. The smallest absolute Gasteiger partial charge is 0.303 e. The highest BCUT2D eigenvalue weighted by Gasteiger charge is 2.10. The van der Waals surface area contributed by atoms with Gasteiger partial charge in [-0.2, -0.15) is 0 Å². The fourth-order valence-electron chi connectivity index (χ4n) is 1.77. The van der Waals surface area contributed by atoms with Gasteiger partial charge in [-0.1, -0.05) is 30.3 Å². The summed E-state index contributed by atoms with van der Waals surface area (Å²) in [5.41, 5.74) is 1.29. The average Bonchev–Trinajstić information content (AvgIpc) is 2.79. The van der Waals surface area contributed by atoms with Crippen LogP contribution >= 0.6 is 0 Å². The van der Waals surface area contributed by atoms with Gasteiger partial charge in [0.05, 0.1) is 0 Å². The van der Waals surface area contributed by atoms with Crippen LogP contribution in [0.25, 0.3) is 17.0 Å². The zero-order chi connectivity index (χ0) is 11.8. The Morgan fingerprint density at radius 3 is 2.59 bits per heavy atom. The second-order valence-electron chi connectivity index (χ2n) is 3.79. The van der Waals surface area contributed by atoms with E-state index in [0.717, 1.165) is 5.56 Å². The Morgan fingerprint density at radius 2 is 1.82 bits per heavy atom. The van der Waals surface area contributed by atoms with Gasteiger partial charge in [-0.15, -0.1) is 10.2 Å². The van der Waals surface area contributed by atoms with Crippen LogP contribution in [-0.2, 0) is 7.05 Å². The van der Waals surface area contributed by atoms with E-state index in [1.54, 1.807) is 19.3 Å². The third-order valence-electron chi connectivity index (χ3n) is 2.66. The largest absolute Gasteiger partial charge is 0.335 e. The average molecular weight is 226 g/mol. The van der Waals surface area contributed by atoms with Crippen molar-refractivity contribution in [3.05, 3.63) is 53.1 Å². The molecule has 0 saturated heterocycles. The highest BCUT2D eigenvalue weighted by atomic mass is 16.1. The Labute approximate surface area is 97.0 Å². The highest BCUT2D eigenvalue weighted by Crippen LogP contribution is 2.15. The van der Waals surface area contributed by atoms with Gasteiger partial charge in [-0.3, -0.25) is 0 Å². The van der Waals surface area contributed by atoms with Gasteiger partial charge in [0.1, 0.15) is 0 Å². The first-order valence-electron chi connectivity index (χ1n) is 5.23. The van der Waals surface area contributed by atoms with Crippen LogP contribution in [0.4, 0.5) is 0 Å². The maximum Gasteiger partial charge on any atom is 0.335 e. The maximum atomic E-state index is 12.0. The van der Waals surface area contributed by atoms with Crippen molar-refractivity contribution >= 4 is 5.65 Å². The number of nitrogens with zero attached hydrogens (tertiary/aromatic N) is 4. The Hall–Kier alpha value is -2.43. The van der Waals surface area contributed by atoms with Crippen LogP contribution in [0.3, 0.4) is 0 Å². The van der Waals surface area contributed by atoms with Gasteiger partial charge in [0.15, 0.2) is 11.5 Å². The number of aromatic nitrogens is 4. The van der Waals surface area contributed by atoms with Crippen molar-refractivity contribution in [1.82, 2.24) is 19.2 Å². The number of hydrogen-bond acceptors (Lipinski definition) is 3. The molecule has 0 aliphatic carbocycles. The molecule has 3 rings (SSSR count). The predicted molar refractivity (Wildman–Crippen MR) is 63.7 cm³/mol. The fraction of sp³-hybridized carbons (Fsp3) is 0.0833. The normalized spacial score (nSPS) is 10.9. The molecule has 5 heteroatoms. The molecule has 3 aromatic rings. The third-order valence-corrected chi connectivity index (χ3v) is 2.66. The minimum absolute atomic E-state index is 0.147. The molecular formula is C12H10N4O. The van der Waals surface area contributed by atoms with Gasteiger partial charge in [0, 0.05) is 18.8 Å². The monoisotopic (exact) mass is 226 g/mol. The van der Waals surface area contributed by atoms with Crippen molar-refractivity contribution in [2.24, 2.45) is 7.05 Å². The minimum Gasteiger partial charge on any atom is -0.303 e. The summed E-state index contributed by atoms with van der Waals surface area (Å²) < 4.78 is 3.01. The van der Waals surface area contributed by atoms with E-state index in [2.05, 4.69) is 10.2 Å². The first-order chi connectivity index (χ1) is 8.27. The molecule has 0 radical (unpaired) electrons. The summed E-state index contributed by atoms with van der Waals surface area (Å²) in [6, 6.07) is 11.3. The Bertz CT molecular complexity index is 727. The molecule has 0 unspecified atom stereocenters. The van der Waals surface area contributed by atoms with Crippen LogP contribution in [0.1, 0.15) is 0 Å². The summed E-state index contributed by atoms with van der Waals surface area (Å²) in [6.07, 6.45) is 1.68. The Morgan fingerprint density at radius 1 is 1.06 bits per heavy atom. The molecule has 0 N–H and O–H groups in total. The predicted octanol–water partition coefficient (Wildman–Crippen LogP) is 1.09. The van der Waals surface area contributed by atoms with Crippen LogP contribution < -0.4 is 5.69 Å². The fourth-order valence-corrected chi connectivity index (χ4v) is 1.77. The van der Waals surface area contributed by atoms with E-state index >= 15 is 0 Å². The van der Waals surface area contributed by atoms with E-state index in [4.69, 9.17) is 0 Å². The molecule has 5 nitrogen and oxygen atoms in total. The van der Waals surface area contributed by atoms with Crippen molar-refractivity contribution in [1.29, 1.82) is 0 Å². The van der Waals surface area contributed by atoms with E-state index in [1.165, 1.54) is 8.97 Å². The second-order valence-corrected chi connectivity index (χ2v) is 3.79. The molecule has 0 bridgehead atoms. The van der Waals surface area contributed by atoms with Crippen molar-refractivity contribution < 1.29 is 0 Å². The summed E-state index contributed by atoms with van der Waals surface area (Å²) in [5, 5.41) is 8.06. The lowest BCUT2D eigenvalue weighted by Crippen LogP contribution is -2.23. The van der Waals surface area contributed by atoms with Gasteiger partial charge in [-0.25, -0.2) is 9.20 Å². The molecule has 0 fully saturated rings. The summed E-state index contributed by atoms with van der Waals surface area (Å²) in [6.45, 7) is 0. The van der Waals surface area contributed by atoms with Crippen LogP contribution in [0, 0.1) is 0 Å². The van der Waals surface area contributed by atoms with Gasteiger partial charge < -0.3 is 4.57 Å². The van der Waals surface area contributed by atoms with Crippen molar-refractivity contribution in [3.8, 4) is 11.4 Å². The van der Waals surface area contributed by atoms with Crippen LogP contribution in [0.5, 0.6) is 0 Å². The molecule has 2 heterocycles. The van der Waals surface area contributed by atoms with Crippen LogP contribution in [0.15, 0.2) is 47.4 Å². The Kier molecular flexibility index (Phi) is 2.04. The standard InChI is InChI=1S/C12H10N4O/c1-15-8-7-10-13-14-11(16(10)12(15)17)9-5-3-2-4-6-9/h2-8H,1H3. The molecule has 0 amide bonds. The number of aryl methyl sites for hydroxylation is 1. The van der Waals surface area contributed by atoms with Gasteiger partial charge in [-0.05, 0) is 6.07 Å². The summed E-state index contributed by atoms with van der Waals surface area (Å²) in [4.78, 5) is 12.0. The molecule has 0 spiro atoms. The van der Waals surface area contributed by atoms with E-state index in [-0.39, 0.29) is 5.69 Å². The topological polar surface area (TPSA) is 52.2 Å². The first-order valence-corrected chi connectivity index (χ1v) is 5.23. The second kappa shape index (κ2) is 3.55. The number of fused-ring (bicyclic) bond motifs is 1. The lowest BCUT2D eigenvalue weighted by Gasteiger charge is -2.01. The molecule has 0 aliphatic heterocycles. The summed E-state index contributed by atoms with van der Waals surface area (Å²) in [7, 11) is 1.70. The number of rotatable bonds is 1. The lowest BCUT2D eigenvalue weighted by molar-refractivity contribution is 0.791. The number of hydrogen-bond donors (Lipinski definition) is 0. The van der Waals surface area contributed by atoms with E-state index in [9.17, 15) is 4.79 Å². The zero-order valence-corrected chi connectivity index (χ0v) is 9.24. The lowest BCUT2D eigenvalue weighted by atomic mass is 10.2. The van der Waals surface area contributed by atoms with E-state index in [1.807, 2.05) is 30.3 Å². The molecule has 17 heavy (non-hydrogen) atoms. The first kappa shape index (κ1) is 9.77. The summed E-state index contributed by atoms with van der Waals surface area (Å²) in [5.74, 6) is 0.571. The van der Waals surface area contributed by atoms with Gasteiger partial charge in [0.2, 0.25) is 0 Å². The zero-order valence-electron chi connectivity index (χ0n) is 9.24. The molecule has 0 atom stereocenters. The van der Waals surface area contributed by atoms with Crippen molar-refractivity contribution in [2.75, 3.05) is 0 Å². The van der Waals surface area contributed by atoms with Crippen molar-refractivity contribution in [2.45, 2.75) is 0 Å². The Balaban J connectivity index is 2.39. The van der Waals surface area contributed by atoms with Crippen LogP contribution in [-0.4, -0.2) is 19.2 Å². The third kappa shape index (κ3) is 1.44. The molecule has 0 saturated carbocycles. The maximum absolute atomic E-state index is 12.0. The molecule has 0 aliphatic rings. The van der Waals surface area contributed by atoms with Crippen LogP contribution in [0.2, 0.25) is 0 Å². The molecule has 1 aromatic carbocycles.